The van der Waals surface area contributed by atoms with Gasteiger partial charge in [-0.05, 0) is 29.8 Å². The maximum absolute atomic E-state index is 14.0. The molecule has 0 unspecified atom stereocenters. The first-order valence-electron chi connectivity index (χ1n) is 11.1. The van der Waals surface area contributed by atoms with Crippen molar-refractivity contribution in [1.82, 2.24) is 0 Å². The molecule has 3 aromatic carbocycles. The van der Waals surface area contributed by atoms with Crippen molar-refractivity contribution in [1.29, 1.82) is 0 Å². The highest BCUT2D eigenvalue weighted by Gasteiger charge is 2.74. The van der Waals surface area contributed by atoms with Gasteiger partial charge < -0.3 is 4.74 Å². The number of carbonyl (C=O) groups excluding carboxylic acids is 4. The molecule has 0 radical (unpaired) electrons. The van der Waals surface area contributed by atoms with Crippen LogP contribution in [0.4, 0.5) is 15.8 Å². The second kappa shape index (κ2) is 7.86. The summed E-state index contributed by atoms with van der Waals surface area (Å²) in [5.74, 6) is -7.26. The number of nitro groups is 1. The second-order valence-corrected chi connectivity index (χ2v) is 9.37. The van der Waals surface area contributed by atoms with E-state index in [-0.39, 0.29) is 16.8 Å². The largest absolute Gasteiger partial charge is 0.349 e. The van der Waals surface area contributed by atoms with Gasteiger partial charge in [0.2, 0.25) is 34.8 Å². The Morgan fingerprint density at radius 3 is 2.14 bits per heavy atom. The van der Waals surface area contributed by atoms with Gasteiger partial charge in [0.15, 0.2) is 0 Å². The Morgan fingerprint density at radius 1 is 0.919 bits per heavy atom. The highest BCUT2D eigenvalue weighted by molar-refractivity contribution is 6.37. The van der Waals surface area contributed by atoms with Crippen LogP contribution in [0.15, 0.2) is 66.7 Å². The third kappa shape index (κ3) is 3.00. The van der Waals surface area contributed by atoms with Gasteiger partial charge in [-0.15, -0.1) is 0 Å². The zero-order chi connectivity index (χ0) is 26.2. The van der Waals surface area contributed by atoms with Crippen LogP contribution in [0.2, 0.25) is 5.02 Å². The first-order chi connectivity index (χ1) is 17.7. The van der Waals surface area contributed by atoms with Crippen LogP contribution in [0.5, 0.6) is 0 Å². The number of anilines is 1. The van der Waals surface area contributed by atoms with E-state index in [1.807, 2.05) is 0 Å². The summed E-state index contributed by atoms with van der Waals surface area (Å²) < 4.78 is 20.1. The molecule has 2 amide bonds. The summed E-state index contributed by atoms with van der Waals surface area (Å²) in [5, 5.41) is 11.7. The molecule has 6 rings (SSSR count). The number of Topliss-reactive ketones (excluding diaryl/α,β-unsaturated/α-hetero) is 2. The average Bonchev–Trinajstić information content (AvgIpc) is 3.45. The van der Waals surface area contributed by atoms with E-state index in [0.29, 0.717) is 15.5 Å². The summed E-state index contributed by atoms with van der Waals surface area (Å²) in [6.45, 7) is 0. The number of amides is 2. The lowest BCUT2D eigenvalue weighted by Crippen LogP contribution is -2.51. The number of rotatable bonds is 3. The zero-order valence-corrected chi connectivity index (χ0v) is 19.3. The lowest BCUT2D eigenvalue weighted by atomic mass is 9.77. The maximum atomic E-state index is 14.0. The van der Waals surface area contributed by atoms with E-state index in [1.54, 1.807) is 24.3 Å². The predicted octanol–water partition coefficient (Wildman–Crippen LogP) is 4.08. The molecule has 2 heterocycles. The quantitative estimate of drug-likeness (QED) is 0.220. The molecule has 9 nitrogen and oxygen atoms in total. The molecule has 2 saturated heterocycles. The monoisotopic (exact) mass is 520 g/mol. The molecular weight excluding hydrogens is 507 g/mol. The van der Waals surface area contributed by atoms with Crippen molar-refractivity contribution in [3.05, 3.63) is 104 Å². The molecule has 3 atom stereocenters. The Kier molecular flexibility index (Phi) is 4.91. The molecule has 37 heavy (non-hydrogen) atoms. The van der Waals surface area contributed by atoms with Gasteiger partial charge in [0.1, 0.15) is 0 Å². The van der Waals surface area contributed by atoms with Crippen LogP contribution in [-0.4, -0.2) is 33.9 Å². The van der Waals surface area contributed by atoms with Gasteiger partial charge in [0.25, 0.3) is 0 Å². The molecule has 0 bridgehead atoms. The third-order valence-electron chi connectivity index (χ3n) is 7.10. The molecule has 3 aliphatic rings. The van der Waals surface area contributed by atoms with E-state index in [0.717, 1.165) is 18.2 Å². The number of hydrogen-bond acceptors (Lipinski definition) is 7. The number of fused-ring (bicyclic) bond motifs is 3. The Hall–Kier alpha value is -4.28. The molecule has 184 valence electrons. The summed E-state index contributed by atoms with van der Waals surface area (Å²) in [7, 11) is 0. The van der Waals surface area contributed by atoms with Crippen molar-refractivity contribution in [3.63, 3.8) is 0 Å². The first kappa shape index (κ1) is 23.1. The molecule has 11 heteroatoms. The highest BCUT2D eigenvalue weighted by Crippen LogP contribution is 2.57. The second-order valence-electron chi connectivity index (χ2n) is 8.94. The Balaban J connectivity index is 1.54. The number of benzene rings is 3. The Morgan fingerprint density at radius 2 is 1.54 bits per heavy atom. The van der Waals surface area contributed by atoms with Crippen LogP contribution in [0.25, 0.3) is 0 Å². The smallest absolute Gasteiger partial charge is 0.306 e. The van der Waals surface area contributed by atoms with Crippen LogP contribution in [0.1, 0.15) is 32.4 Å². The molecule has 1 aliphatic carbocycles. The van der Waals surface area contributed by atoms with Gasteiger partial charge in [0, 0.05) is 22.2 Å². The minimum atomic E-state index is -2.30. The molecular formula is C26H14ClFN2O7. The molecule has 0 N–H and O–H groups in total. The van der Waals surface area contributed by atoms with E-state index >= 15 is 0 Å². The molecule has 3 aromatic rings. The van der Waals surface area contributed by atoms with Crippen LogP contribution >= 0.6 is 11.6 Å². The fourth-order valence-electron chi connectivity index (χ4n) is 5.51. The van der Waals surface area contributed by atoms with Crippen molar-refractivity contribution < 1.29 is 33.2 Å². The van der Waals surface area contributed by atoms with Gasteiger partial charge in [-0.25, -0.2) is 4.90 Å². The summed E-state index contributed by atoms with van der Waals surface area (Å²) in [6, 6.07) is 14.8. The van der Waals surface area contributed by atoms with Gasteiger partial charge >= 0.3 is 5.69 Å². The van der Waals surface area contributed by atoms with Gasteiger partial charge in [-0.3, -0.25) is 29.3 Å². The number of nitro benzene ring substituents is 1. The van der Waals surface area contributed by atoms with Gasteiger partial charge in [-0.2, -0.15) is 4.39 Å². The summed E-state index contributed by atoms with van der Waals surface area (Å²) in [5.41, 5.74) is -2.94. The van der Waals surface area contributed by atoms with Crippen molar-refractivity contribution in [2.75, 3.05) is 4.90 Å². The third-order valence-corrected chi connectivity index (χ3v) is 7.35. The fraction of sp³-hybridized carbons (Fsp3) is 0.154. The van der Waals surface area contributed by atoms with E-state index in [2.05, 4.69) is 0 Å². The predicted molar refractivity (Wildman–Crippen MR) is 126 cm³/mol. The molecule has 2 fully saturated rings. The molecule has 2 aliphatic heterocycles. The molecule has 1 spiro atoms. The number of carbonyl (C=O) groups is 4. The van der Waals surface area contributed by atoms with Crippen LogP contribution in [0, 0.1) is 27.8 Å². The van der Waals surface area contributed by atoms with Crippen LogP contribution in [-0.2, 0) is 14.3 Å². The lowest BCUT2D eigenvalue weighted by molar-refractivity contribution is -0.387. The molecule has 0 saturated carbocycles. The van der Waals surface area contributed by atoms with Crippen LogP contribution < -0.4 is 4.90 Å². The number of halogens is 2. The van der Waals surface area contributed by atoms with E-state index in [1.165, 1.54) is 24.3 Å². The maximum Gasteiger partial charge on any atom is 0.306 e. The standard InChI is InChI=1S/C26H14ClFN2O7/c27-13-7-5-12(6-8-13)21-19-20(26(37-21)22(31)15-3-1-2-4-16(15)23(26)32)25(34)29(24(19)33)14-9-10-17(28)18(11-14)30(35)36/h1-11,19-21H/t19-,20+,21+/m0/s1. The van der Waals surface area contributed by atoms with E-state index in [9.17, 15) is 33.7 Å². The number of ether oxygens (including phenoxy) is 1. The number of imide groups is 1. The van der Waals surface area contributed by atoms with E-state index < -0.39 is 63.3 Å². The Bertz CT molecular complexity index is 1540. The Labute approximate surface area is 212 Å². The van der Waals surface area contributed by atoms with Crippen molar-refractivity contribution in [3.8, 4) is 0 Å². The summed E-state index contributed by atoms with van der Waals surface area (Å²) in [4.78, 5) is 66.0. The fourth-order valence-corrected chi connectivity index (χ4v) is 5.63. The van der Waals surface area contributed by atoms with Crippen LogP contribution in [0.3, 0.4) is 0 Å². The van der Waals surface area contributed by atoms with Gasteiger partial charge in [0.05, 0.1) is 28.6 Å². The minimum Gasteiger partial charge on any atom is -0.349 e. The van der Waals surface area contributed by atoms with Crippen molar-refractivity contribution in [2.45, 2.75) is 11.7 Å². The lowest BCUT2D eigenvalue weighted by Gasteiger charge is -2.27. The van der Waals surface area contributed by atoms with E-state index in [4.69, 9.17) is 16.3 Å². The summed E-state index contributed by atoms with van der Waals surface area (Å²) in [6.07, 6.45) is -1.18. The van der Waals surface area contributed by atoms with Crippen molar-refractivity contribution in [2.24, 2.45) is 11.8 Å². The van der Waals surface area contributed by atoms with Crippen molar-refractivity contribution >= 4 is 46.4 Å². The zero-order valence-electron chi connectivity index (χ0n) is 18.6. The average molecular weight is 521 g/mol. The number of hydrogen-bond donors (Lipinski definition) is 0. The molecule has 0 aromatic heterocycles. The first-order valence-corrected chi connectivity index (χ1v) is 11.5. The highest BCUT2D eigenvalue weighted by atomic mass is 35.5. The number of nitrogens with zero attached hydrogens (tertiary/aromatic N) is 2. The summed E-state index contributed by atoms with van der Waals surface area (Å²) >= 11 is 6.00. The minimum absolute atomic E-state index is 0.0686. The SMILES string of the molecule is O=C1[C@@H]2[C@@H](c3ccc(Cl)cc3)OC3(C(=O)c4ccccc4C3=O)[C@H]2C(=O)N1c1ccc(F)c([N+](=O)[O-])c1. The number of ketones is 2. The van der Waals surface area contributed by atoms with Gasteiger partial charge in [-0.1, -0.05) is 48.0 Å². The normalized spacial score (nSPS) is 23.6. The topological polar surface area (TPSA) is 124 Å².